The van der Waals surface area contributed by atoms with Crippen molar-refractivity contribution in [2.24, 2.45) is 5.92 Å². The Bertz CT molecular complexity index is 1150. The molecule has 4 rings (SSSR count). The number of ether oxygens (including phenoxy) is 1. The van der Waals surface area contributed by atoms with Crippen LogP contribution in [0, 0.1) is 5.92 Å². The predicted molar refractivity (Wildman–Crippen MR) is 134 cm³/mol. The quantitative estimate of drug-likeness (QED) is 0.479. The van der Waals surface area contributed by atoms with E-state index in [0.717, 1.165) is 34.9 Å². The number of amides is 2. The molecule has 1 aliphatic heterocycles. The van der Waals surface area contributed by atoms with Gasteiger partial charge in [0.1, 0.15) is 5.75 Å². The van der Waals surface area contributed by atoms with E-state index < -0.39 is 0 Å². The van der Waals surface area contributed by atoms with Crippen LogP contribution in [0.1, 0.15) is 28.8 Å². The zero-order valence-corrected chi connectivity index (χ0v) is 20.2. The first-order valence-corrected chi connectivity index (χ1v) is 12.5. The second kappa shape index (κ2) is 10.3. The van der Waals surface area contributed by atoms with Gasteiger partial charge in [-0.05, 0) is 54.3 Å². The lowest BCUT2D eigenvalue weighted by Gasteiger charge is -2.34. The van der Waals surface area contributed by atoms with E-state index in [1.807, 2.05) is 48.3 Å². The molecule has 0 aromatic heterocycles. The number of thioether (sulfide) groups is 1. The van der Waals surface area contributed by atoms with E-state index in [9.17, 15) is 9.59 Å². The summed E-state index contributed by atoms with van der Waals surface area (Å²) in [4.78, 5) is 31.5. The summed E-state index contributed by atoms with van der Waals surface area (Å²) in [7, 11) is 3.49. The van der Waals surface area contributed by atoms with Gasteiger partial charge in [-0.3, -0.25) is 9.59 Å². The number of benzene rings is 3. The average molecular weight is 463 g/mol. The maximum Gasteiger partial charge on any atom is 0.254 e. The first-order valence-electron chi connectivity index (χ1n) is 11.2. The Morgan fingerprint density at radius 1 is 1.06 bits per heavy atom. The normalized spacial score (nSPS) is 16.0. The van der Waals surface area contributed by atoms with Crippen LogP contribution in [0.15, 0.2) is 65.6 Å². The lowest BCUT2D eigenvalue weighted by Crippen LogP contribution is -2.45. The smallest absolute Gasteiger partial charge is 0.254 e. The molecule has 3 aromatic carbocycles. The number of fused-ring (bicyclic) bond motifs is 1. The molecule has 1 aliphatic rings. The van der Waals surface area contributed by atoms with Crippen LogP contribution < -0.4 is 4.74 Å². The van der Waals surface area contributed by atoms with Gasteiger partial charge in [0, 0.05) is 42.5 Å². The Balaban J connectivity index is 1.47. The lowest BCUT2D eigenvalue weighted by atomic mass is 9.95. The van der Waals surface area contributed by atoms with Crippen molar-refractivity contribution >= 4 is 34.3 Å². The van der Waals surface area contributed by atoms with Gasteiger partial charge in [0.25, 0.3) is 5.91 Å². The Kier molecular flexibility index (Phi) is 7.23. The number of likely N-dealkylation sites (tertiary alicyclic amines) is 1. The SMILES string of the molecule is COc1ccc(C(=O)N2CCCC(C(=O)N(C)Cc3ccc(SC)cc3)C2)c2ccccc12. The third-order valence-corrected chi connectivity index (χ3v) is 7.09. The molecule has 0 saturated carbocycles. The average Bonchev–Trinajstić information content (AvgIpc) is 2.87. The van der Waals surface area contributed by atoms with Gasteiger partial charge < -0.3 is 14.5 Å². The summed E-state index contributed by atoms with van der Waals surface area (Å²) >= 11 is 1.70. The summed E-state index contributed by atoms with van der Waals surface area (Å²) in [6.45, 7) is 1.69. The van der Waals surface area contributed by atoms with Gasteiger partial charge in [-0.25, -0.2) is 0 Å². The number of rotatable bonds is 6. The third kappa shape index (κ3) is 5.01. The van der Waals surface area contributed by atoms with Crippen molar-refractivity contribution in [3.8, 4) is 5.75 Å². The number of methoxy groups -OCH3 is 1. The van der Waals surface area contributed by atoms with Gasteiger partial charge in [-0.1, -0.05) is 36.4 Å². The summed E-state index contributed by atoms with van der Waals surface area (Å²) < 4.78 is 5.47. The van der Waals surface area contributed by atoms with Crippen molar-refractivity contribution in [2.75, 3.05) is 33.5 Å². The van der Waals surface area contributed by atoms with E-state index in [1.54, 1.807) is 23.8 Å². The summed E-state index contributed by atoms with van der Waals surface area (Å²) in [6.07, 6.45) is 3.68. The first-order chi connectivity index (χ1) is 16.0. The zero-order valence-electron chi connectivity index (χ0n) is 19.4. The third-order valence-electron chi connectivity index (χ3n) is 6.35. The predicted octanol–water partition coefficient (Wildman–Crippen LogP) is 5.08. The van der Waals surface area contributed by atoms with Crippen molar-refractivity contribution in [3.05, 3.63) is 71.8 Å². The number of carbonyl (C=O) groups is 2. The number of hydrogen-bond donors (Lipinski definition) is 0. The molecular weight excluding hydrogens is 432 g/mol. The van der Waals surface area contributed by atoms with Crippen molar-refractivity contribution in [3.63, 3.8) is 0 Å². The Labute approximate surface area is 199 Å². The number of hydrogen-bond acceptors (Lipinski definition) is 4. The van der Waals surface area contributed by atoms with Crippen LogP contribution >= 0.6 is 11.8 Å². The minimum Gasteiger partial charge on any atom is -0.496 e. The molecule has 1 heterocycles. The lowest BCUT2D eigenvalue weighted by molar-refractivity contribution is -0.136. The van der Waals surface area contributed by atoms with Crippen molar-refractivity contribution < 1.29 is 14.3 Å². The van der Waals surface area contributed by atoms with Gasteiger partial charge in [-0.2, -0.15) is 0 Å². The monoisotopic (exact) mass is 462 g/mol. The molecule has 0 spiro atoms. The number of nitrogens with zero attached hydrogens (tertiary/aromatic N) is 2. The van der Waals surface area contributed by atoms with Gasteiger partial charge in [-0.15, -0.1) is 11.8 Å². The molecule has 1 fully saturated rings. The van der Waals surface area contributed by atoms with Crippen LogP contribution in [-0.2, 0) is 11.3 Å². The van der Waals surface area contributed by atoms with Crippen molar-refractivity contribution in [2.45, 2.75) is 24.3 Å². The molecule has 5 nitrogen and oxygen atoms in total. The van der Waals surface area contributed by atoms with Crippen LogP contribution in [0.5, 0.6) is 5.75 Å². The second-order valence-electron chi connectivity index (χ2n) is 8.49. The van der Waals surface area contributed by atoms with Crippen molar-refractivity contribution in [1.29, 1.82) is 0 Å². The van der Waals surface area contributed by atoms with Gasteiger partial charge in [0.05, 0.1) is 13.0 Å². The van der Waals surface area contributed by atoms with Crippen molar-refractivity contribution in [1.82, 2.24) is 9.80 Å². The van der Waals surface area contributed by atoms with Crippen LogP contribution in [0.4, 0.5) is 0 Å². The fourth-order valence-electron chi connectivity index (χ4n) is 4.56. The van der Waals surface area contributed by atoms with E-state index in [-0.39, 0.29) is 17.7 Å². The van der Waals surface area contributed by atoms with Crippen LogP contribution in [-0.4, -0.2) is 55.1 Å². The molecule has 33 heavy (non-hydrogen) atoms. The van der Waals surface area contributed by atoms with E-state index >= 15 is 0 Å². The Hall–Kier alpha value is -2.99. The fraction of sp³-hybridized carbons (Fsp3) is 0.333. The van der Waals surface area contributed by atoms with Gasteiger partial charge >= 0.3 is 0 Å². The summed E-state index contributed by atoms with van der Waals surface area (Å²) in [6, 6.07) is 19.8. The molecule has 1 saturated heterocycles. The molecule has 2 amide bonds. The fourth-order valence-corrected chi connectivity index (χ4v) is 4.97. The largest absolute Gasteiger partial charge is 0.496 e. The molecular formula is C27H30N2O3S. The maximum absolute atomic E-state index is 13.5. The standard InChI is InChI=1S/C27H30N2O3S/c1-28(17-19-10-12-21(33-3)13-11-19)26(30)20-7-6-16-29(18-20)27(31)24-14-15-25(32-2)23-9-5-4-8-22(23)24/h4-5,8-15,20H,6-7,16-18H2,1-3H3. The molecule has 0 aliphatic carbocycles. The molecule has 1 atom stereocenters. The molecule has 172 valence electrons. The van der Waals surface area contributed by atoms with Gasteiger partial charge in [0.2, 0.25) is 5.91 Å². The van der Waals surface area contributed by atoms with Crippen LogP contribution in [0.2, 0.25) is 0 Å². The maximum atomic E-state index is 13.5. The van der Waals surface area contributed by atoms with E-state index in [0.29, 0.717) is 25.2 Å². The zero-order chi connectivity index (χ0) is 23.4. The van der Waals surface area contributed by atoms with E-state index in [4.69, 9.17) is 4.74 Å². The first kappa shape index (κ1) is 23.2. The molecule has 0 radical (unpaired) electrons. The Morgan fingerprint density at radius 2 is 1.79 bits per heavy atom. The molecule has 6 heteroatoms. The summed E-state index contributed by atoms with van der Waals surface area (Å²) in [5.74, 6) is 0.645. The highest BCUT2D eigenvalue weighted by molar-refractivity contribution is 7.98. The highest BCUT2D eigenvalue weighted by Crippen LogP contribution is 2.30. The second-order valence-corrected chi connectivity index (χ2v) is 9.37. The van der Waals surface area contributed by atoms with Crippen LogP contribution in [0.25, 0.3) is 10.8 Å². The highest BCUT2D eigenvalue weighted by Gasteiger charge is 2.31. The molecule has 1 unspecified atom stereocenters. The minimum absolute atomic E-state index is 0.0262. The topological polar surface area (TPSA) is 49.9 Å². The van der Waals surface area contributed by atoms with E-state index in [2.05, 4.69) is 30.5 Å². The Morgan fingerprint density at radius 3 is 2.48 bits per heavy atom. The van der Waals surface area contributed by atoms with Gasteiger partial charge in [0.15, 0.2) is 0 Å². The summed E-state index contributed by atoms with van der Waals surface area (Å²) in [5.41, 5.74) is 1.76. The molecule has 0 N–H and O–H groups in total. The number of piperidine rings is 1. The highest BCUT2D eigenvalue weighted by atomic mass is 32.2. The van der Waals surface area contributed by atoms with Crippen LogP contribution in [0.3, 0.4) is 0 Å². The minimum atomic E-state index is -0.178. The van der Waals surface area contributed by atoms with E-state index in [1.165, 1.54) is 4.90 Å². The molecule has 0 bridgehead atoms. The number of carbonyl (C=O) groups excluding carboxylic acids is 2. The summed E-state index contributed by atoms with van der Waals surface area (Å²) in [5, 5.41) is 1.80. The molecule has 3 aromatic rings.